The average molecular weight is 266 g/mol. The van der Waals surface area contributed by atoms with Crippen LogP contribution in [0.15, 0.2) is 0 Å². The predicted molar refractivity (Wildman–Crippen MR) is 61.9 cm³/mol. The first-order chi connectivity index (χ1) is 8.27. The zero-order valence-corrected chi connectivity index (χ0v) is 10.5. The quantitative estimate of drug-likeness (QED) is 0.163. The molecule has 5 atom stereocenters. The number of aliphatic hydroxyl groups is 5. The lowest BCUT2D eigenvalue weighted by atomic mass is 10.0. The van der Waals surface area contributed by atoms with Gasteiger partial charge in [-0.2, -0.15) is 0 Å². The topological polar surface area (TPSA) is 147 Å². The fraction of sp³-hybridized carbons (Fsp3) is 0.900. The first kappa shape index (κ1) is 17.2. The Morgan fingerprint density at radius 1 is 1.22 bits per heavy atom. The van der Waals surface area contributed by atoms with Gasteiger partial charge in [0.15, 0.2) is 6.10 Å². The number of nitrogens with two attached hydrogens (primary N) is 1. The Hall–Kier alpha value is -0.770. The Morgan fingerprint density at radius 2 is 1.72 bits per heavy atom. The summed E-state index contributed by atoms with van der Waals surface area (Å²) in [4.78, 5) is 11.6. The van der Waals surface area contributed by atoms with Gasteiger partial charge < -0.3 is 25.5 Å². The van der Waals surface area contributed by atoms with Crippen molar-refractivity contribution >= 4 is 5.91 Å². The van der Waals surface area contributed by atoms with Crippen LogP contribution in [0.4, 0.5) is 0 Å². The van der Waals surface area contributed by atoms with Gasteiger partial charge in [0.05, 0.1) is 6.61 Å². The van der Waals surface area contributed by atoms with Crippen molar-refractivity contribution in [2.75, 3.05) is 6.61 Å². The molecule has 18 heavy (non-hydrogen) atoms. The SMILES string of the molecule is CCC(C)N(N)C(=O)[C@H](O)[C@@H](O)[C@H](O)[C@H](O)CO. The molecule has 8 heteroatoms. The van der Waals surface area contributed by atoms with E-state index in [-0.39, 0.29) is 6.04 Å². The number of hydrogen-bond acceptors (Lipinski definition) is 7. The third-order valence-corrected chi connectivity index (χ3v) is 2.83. The average Bonchev–Trinajstić information content (AvgIpc) is 2.40. The summed E-state index contributed by atoms with van der Waals surface area (Å²) in [5, 5.41) is 46.8. The maximum Gasteiger partial charge on any atom is 0.268 e. The van der Waals surface area contributed by atoms with Crippen molar-refractivity contribution < 1.29 is 30.3 Å². The molecule has 108 valence electrons. The molecular weight excluding hydrogens is 244 g/mol. The van der Waals surface area contributed by atoms with E-state index in [1.807, 2.05) is 0 Å². The summed E-state index contributed by atoms with van der Waals surface area (Å²) in [5.74, 6) is 4.47. The van der Waals surface area contributed by atoms with Gasteiger partial charge in [0.1, 0.15) is 18.3 Å². The molecule has 7 N–H and O–H groups in total. The molecule has 0 fully saturated rings. The molecule has 0 aliphatic heterocycles. The number of carbonyl (C=O) groups excluding carboxylic acids is 1. The fourth-order valence-electron chi connectivity index (χ4n) is 1.24. The van der Waals surface area contributed by atoms with Crippen LogP contribution >= 0.6 is 0 Å². The van der Waals surface area contributed by atoms with Gasteiger partial charge in [0.25, 0.3) is 5.91 Å². The molecule has 8 nitrogen and oxygen atoms in total. The molecule has 0 rings (SSSR count). The lowest BCUT2D eigenvalue weighted by Crippen LogP contribution is -2.56. The second kappa shape index (κ2) is 7.62. The highest BCUT2D eigenvalue weighted by molar-refractivity contribution is 5.81. The monoisotopic (exact) mass is 266 g/mol. The predicted octanol–water partition coefficient (Wildman–Crippen LogP) is -3.08. The zero-order chi connectivity index (χ0) is 14.5. The van der Waals surface area contributed by atoms with Gasteiger partial charge in [0, 0.05) is 6.04 Å². The van der Waals surface area contributed by atoms with E-state index in [2.05, 4.69) is 0 Å². The molecule has 0 aromatic rings. The summed E-state index contributed by atoms with van der Waals surface area (Å²) in [6.07, 6.45) is -6.86. The van der Waals surface area contributed by atoms with Crippen LogP contribution in [-0.2, 0) is 4.79 Å². The van der Waals surface area contributed by atoms with Crippen LogP contribution in [0.3, 0.4) is 0 Å². The maximum absolute atomic E-state index is 11.6. The van der Waals surface area contributed by atoms with Crippen molar-refractivity contribution in [1.82, 2.24) is 5.01 Å². The normalized spacial score (nSPS) is 19.8. The number of aliphatic hydroxyl groups excluding tert-OH is 5. The van der Waals surface area contributed by atoms with Crippen LogP contribution in [0.1, 0.15) is 20.3 Å². The van der Waals surface area contributed by atoms with Crippen LogP contribution in [0.5, 0.6) is 0 Å². The van der Waals surface area contributed by atoms with Crippen molar-refractivity contribution in [3.63, 3.8) is 0 Å². The second-order valence-electron chi connectivity index (χ2n) is 4.18. The standard InChI is InChI=1S/C10H22N2O6/c1-3-5(2)12(11)10(18)9(17)8(16)7(15)6(14)4-13/h5-9,13-17H,3-4,11H2,1-2H3/t5?,6-,7-,8+,9-/m1/s1. The number of carbonyl (C=O) groups is 1. The largest absolute Gasteiger partial charge is 0.394 e. The molecule has 0 saturated carbocycles. The summed E-state index contributed by atoms with van der Waals surface area (Å²) < 4.78 is 0. The Morgan fingerprint density at radius 3 is 2.11 bits per heavy atom. The first-order valence-electron chi connectivity index (χ1n) is 5.68. The summed E-state index contributed by atoms with van der Waals surface area (Å²) >= 11 is 0. The van der Waals surface area contributed by atoms with E-state index in [1.54, 1.807) is 13.8 Å². The van der Waals surface area contributed by atoms with E-state index in [0.29, 0.717) is 6.42 Å². The molecule has 0 radical (unpaired) electrons. The van der Waals surface area contributed by atoms with Gasteiger partial charge in [-0.15, -0.1) is 0 Å². The smallest absolute Gasteiger partial charge is 0.268 e. The van der Waals surface area contributed by atoms with Crippen molar-refractivity contribution in [2.24, 2.45) is 5.84 Å². The van der Waals surface area contributed by atoms with E-state index in [0.717, 1.165) is 5.01 Å². The number of rotatable bonds is 7. The second-order valence-corrected chi connectivity index (χ2v) is 4.18. The van der Waals surface area contributed by atoms with Crippen LogP contribution in [0, 0.1) is 0 Å². The highest BCUT2D eigenvalue weighted by atomic mass is 16.4. The minimum Gasteiger partial charge on any atom is -0.394 e. The van der Waals surface area contributed by atoms with Crippen LogP contribution in [0.25, 0.3) is 0 Å². The van der Waals surface area contributed by atoms with Crippen molar-refractivity contribution in [2.45, 2.75) is 50.7 Å². The molecule has 1 amide bonds. The Bertz CT molecular complexity index is 265. The molecule has 0 aliphatic carbocycles. The number of hydrogen-bond donors (Lipinski definition) is 6. The van der Waals surface area contributed by atoms with Crippen molar-refractivity contribution in [3.05, 3.63) is 0 Å². The van der Waals surface area contributed by atoms with E-state index >= 15 is 0 Å². The van der Waals surface area contributed by atoms with Crippen LogP contribution < -0.4 is 5.84 Å². The molecule has 0 bridgehead atoms. The minimum atomic E-state index is -1.97. The van der Waals surface area contributed by atoms with Crippen LogP contribution in [0.2, 0.25) is 0 Å². The van der Waals surface area contributed by atoms with Crippen LogP contribution in [-0.4, -0.2) is 73.5 Å². The fourth-order valence-corrected chi connectivity index (χ4v) is 1.24. The number of amides is 1. The molecule has 0 aromatic heterocycles. The van der Waals surface area contributed by atoms with E-state index < -0.39 is 36.9 Å². The van der Waals surface area contributed by atoms with Gasteiger partial charge >= 0.3 is 0 Å². The van der Waals surface area contributed by atoms with E-state index in [9.17, 15) is 20.1 Å². The molecule has 0 heterocycles. The lowest BCUT2D eigenvalue weighted by Gasteiger charge is -2.30. The van der Waals surface area contributed by atoms with E-state index in [4.69, 9.17) is 16.1 Å². The Labute approximate surface area is 105 Å². The molecule has 0 saturated heterocycles. The van der Waals surface area contributed by atoms with Gasteiger partial charge in [0.2, 0.25) is 0 Å². The number of hydrazine groups is 1. The Kier molecular flexibility index (Phi) is 7.29. The minimum absolute atomic E-state index is 0.348. The van der Waals surface area contributed by atoms with Gasteiger partial charge in [-0.05, 0) is 13.3 Å². The molecule has 0 aliphatic rings. The lowest BCUT2D eigenvalue weighted by molar-refractivity contribution is -0.160. The van der Waals surface area contributed by atoms with E-state index in [1.165, 1.54) is 0 Å². The highest BCUT2D eigenvalue weighted by Crippen LogP contribution is 2.09. The Balaban J connectivity index is 4.63. The summed E-state index contributed by atoms with van der Waals surface area (Å²) in [6, 6.07) is -0.348. The van der Waals surface area contributed by atoms with Gasteiger partial charge in [-0.1, -0.05) is 6.92 Å². The molecular formula is C10H22N2O6. The van der Waals surface area contributed by atoms with Gasteiger partial charge in [-0.3, -0.25) is 9.80 Å². The maximum atomic E-state index is 11.6. The van der Waals surface area contributed by atoms with Gasteiger partial charge in [-0.25, -0.2) is 5.84 Å². The van der Waals surface area contributed by atoms with Crippen molar-refractivity contribution in [3.8, 4) is 0 Å². The summed E-state index contributed by atoms with van der Waals surface area (Å²) in [7, 11) is 0. The zero-order valence-electron chi connectivity index (χ0n) is 10.5. The molecule has 1 unspecified atom stereocenters. The molecule has 0 spiro atoms. The third kappa shape index (κ3) is 4.16. The third-order valence-electron chi connectivity index (χ3n) is 2.83. The number of nitrogens with zero attached hydrogens (tertiary/aromatic N) is 1. The summed E-state index contributed by atoms with van der Waals surface area (Å²) in [6.45, 7) is 2.62. The molecule has 0 aromatic carbocycles. The highest BCUT2D eigenvalue weighted by Gasteiger charge is 2.36. The summed E-state index contributed by atoms with van der Waals surface area (Å²) in [5.41, 5.74) is 0. The van der Waals surface area contributed by atoms with Crippen molar-refractivity contribution in [1.29, 1.82) is 0 Å². The first-order valence-corrected chi connectivity index (χ1v) is 5.68.